The zero-order valence-corrected chi connectivity index (χ0v) is 17.9. The number of aryl methyl sites for hydroxylation is 1. The van der Waals surface area contributed by atoms with Gasteiger partial charge in [0.1, 0.15) is 4.90 Å². The minimum Gasteiger partial charge on any atom is -0.421 e. The number of rotatable bonds is 6. The third kappa shape index (κ3) is 3.56. The fraction of sp³-hybridized carbons (Fsp3) is 0.400. The Morgan fingerprint density at radius 1 is 1.11 bits per heavy atom. The standard InChI is InChI=1S/C20H26N4O3S/c1-7-17-21-22-20(27-17)18-13(4)24(6)14(5)19(18)28(25,26)23-16-10-8-15(9-11-16)12(2)3/h8-12,23H,7H2,1-6H3. The van der Waals surface area contributed by atoms with Crippen molar-refractivity contribution in [1.82, 2.24) is 14.8 Å². The lowest BCUT2D eigenvalue weighted by atomic mass is 10.0. The van der Waals surface area contributed by atoms with E-state index in [9.17, 15) is 8.42 Å². The minimum absolute atomic E-state index is 0.159. The second-order valence-corrected chi connectivity index (χ2v) is 8.79. The number of hydrogen-bond acceptors (Lipinski definition) is 5. The number of anilines is 1. The molecule has 1 aromatic carbocycles. The van der Waals surface area contributed by atoms with Gasteiger partial charge in [0.05, 0.1) is 5.56 Å². The van der Waals surface area contributed by atoms with Crippen LogP contribution in [-0.4, -0.2) is 23.2 Å². The van der Waals surface area contributed by atoms with E-state index in [0.29, 0.717) is 35.2 Å². The molecule has 0 atom stereocenters. The zero-order chi connectivity index (χ0) is 20.6. The van der Waals surface area contributed by atoms with Gasteiger partial charge in [-0.05, 0) is 37.5 Å². The first-order valence-corrected chi connectivity index (χ1v) is 10.8. The van der Waals surface area contributed by atoms with Gasteiger partial charge in [-0.3, -0.25) is 4.72 Å². The van der Waals surface area contributed by atoms with Crippen LogP contribution in [0.4, 0.5) is 5.69 Å². The minimum atomic E-state index is -3.85. The maximum Gasteiger partial charge on any atom is 0.264 e. The van der Waals surface area contributed by atoms with Crippen LogP contribution in [0.25, 0.3) is 11.5 Å². The summed E-state index contributed by atoms with van der Waals surface area (Å²) in [7, 11) is -2.03. The highest BCUT2D eigenvalue weighted by molar-refractivity contribution is 7.93. The van der Waals surface area contributed by atoms with Gasteiger partial charge < -0.3 is 8.98 Å². The average molecular weight is 403 g/mol. The van der Waals surface area contributed by atoms with Gasteiger partial charge in [0.25, 0.3) is 15.9 Å². The molecule has 7 nitrogen and oxygen atoms in total. The van der Waals surface area contributed by atoms with Gasteiger partial charge in [-0.2, -0.15) is 0 Å². The van der Waals surface area contributed by atoms with Gasteiger partial charge in [0, 0.05) is 30.5 Å². The van der Waals surface area contributed by atoms with Crippen molar-refractivity contribution in [3.8, 4) is 11.5 Å². The first-order chi connectivity index (χ1) is 13.2. The Bertz CT molecular complexity index is 1090. The summed E-state index contributed by atoms with van der Waals surface area (Å²) >= 11 is 0. The Labute approximate surface area is 165 Å². The van der Waals surface area contributed by atoms with Crippen LogP contribution in [0.2, 0.25) is 0 Å². The van der Waals surface area contributed by atoms with Crippen LogP contribution in [-0.2, 0) is 23.5 Å². The summed E-state index contributed by atoms with van der Waals surface area (Å²) in [5.74, 6) is 1.06. The fourth-order valence-electron chi connectivity index (χ4n) is 3.14. The van der Waals surface area contributed by atoms with Crippen LogP contribution in [0.15, 0.2) is 33.6 Å². The van der Waals surface area contributed by atoms with E-state index in [1.807, 2.05) is 37.6 Å². The summed E-state index contributed by atoms with van der Waals surface area (Å²) in [6.07, 6.45) is 0.584. The number of nitrogens with zero attached hydrogens (tertiary/aromatic N) is 3. The maximum atomic E-state index is 13.3. The van der Waals surface area contributed by atoms with Gasteiger partial charge in [-0.25, -0.2) is 8.42 Å². The third-order valence-electron chi connectivity index (χ3n) is 5.01. The van der Waals surface area contributed by atoms with Crippen LogP contribution < -0.4 is 4.72 Å². The van der Waals surface area contributed by atoms with Gasteiger partial charge >= 0.3 is 0 Å². The van der Waals surface area contributed by atoms with Crippen molar-refractivity contribution >= 4 is 15.7 Å². The molecule has 3 aromatic rings. The van der Waals surface area contributed by atoms with Crippen LogP contribution >= 0.6 is 0 Å². The van der Waals surface area contributed by atoms with E-state index in [0.717, 1.165) is 11.3 Å². The topological polar surface area (TPSA) is 90.0 Å². The second kappa shape index (κ2) is 7.43. The molecule has 0 radical (unpaired) electrons. The molecular weight excluding hydrogens is 376 g/mol. The molecule has 3 rings (SSSR count). The molecule has 2 aromatic heterocycles. The Kier molecular flexibility index (Phi) is 5.34. The number of aromatic nitrogens is 3. The molecule has 0 spiro atoms. The monoisotopic (exact) mass is 402 g/mol. The maximum absolute atomic E-state index is 13.3. The Morgan fingerprint density at radius 3 is 2.29 bits per heavy atom. The van der Waals surface area contributed by atoms with Crippen LogP contribution in [0, 0.1) is 13.8 Å². The molecule has 0 unspecified atom stereocenters. The summed E-state index contributed by atoms with van der Waals surface area (Å²) in [5, 5.41) is 8.05. The summed E-state index contributed by atoms with van der Waals surface area (Å²) in [5.41, 5.74) is 3.46. The molecule has 150 valence electrons. The molecule has 0 saturated carbocycles. The number of hydrogen-bond donors (Lipinski definition) is 1. The SMILES string of the molecule is CCc1nnc(-c2c(S(=O)(=O)Nc3ccc(C(C)C)cc3)c(C)n(C)c2C)o1. The molecule has 0 amide bonds. The second-order valence-electron chi connectivity index (χ2n) is 7.17. The van der Waals surface area contributed by atoms with Gasteiger partial charge in [-0.15, -0.1) is 10.2 Å². The molecule has 0 fully saturated rings. The lowest BCUT2D eigenvalue weighted by molar-refractivity contribution is 0.511. The van der Waals surface area contributed by atoms with Crippen LogP contribution in [0.5, 0.6) is 0 Å². The first-order valence-electron chi connectivity index (χ1n) is 9.27. The summed E-state index contributed by atoms with van der Waals surface area (Å²) in [4.78, 5) is 0.159. The molecular formula is C20H26N4O3S. The first kappa shape index (κ1) is 20.1. The quantitative estimate of drug-likeness (QED) is 0.668. The van der Waals surface area contributed by atoms with Crippen molar-refractivity contribution < 1.29 is 12.8 Å². The molecule has 0 bridgehead atoms. The largest absolute Gasteiger partial charge is 0.421 e. The molecule has 28 heavy (non-hydrogen) atoms. The number of sulfonamides is 1. The Balaban J connectivity index is 2.07. The van der Waals surface area contributed by atoms with Crippen molar-refractivity contribution in [2.24, 2.45) is 7.05 Å². The van der Waals surface area contributed by atoms with Crippen molar-refractivity contribution in [1.29, 1.82) is 0 Å². The zero-order valence-electron chi connectivity index (χ0n) is 17.1. The van der Waals surface area contributed by atoms with E-state index in [2.05, 4.69) is 28.8 Å². The van der Waals surface area contributed by atoms with Crippen LogP contribution in [0.3, 0.4) is 0 Å². The molecule has 8 heteroatoms. The van der Waals surface area contributed by atoms with E-state index >= 15 is 0 Å². The molecule has 0 aliphatic rings. The van der Waals surface area contributed by atoms with E-state index in [1.165, 1.54) is 0 Å². The molecule has 0 aliphatic heterocycles. The van der Waals surface area contributed by atoms with Crippen molar-refractivity contribution in [2.75, 3.05) is 4.72 Å². The smallest absolute Gasteiger partial charge is 0.264 e. The predicted octanol–water partition coefficient (Wildman–Crippen LogP) is 4.18. The average Bonchev–Trinajstić information content (AvgIpc) is 3.20. The summed E-state index contributed by atoms with van der Waals surface area (Å²) < 4.78 is 36.7. The lowest BCUT2D eigenvalue weighted by Gasteiger charge is -2.11. The van der Waals surface area contributed by atoms with Crippen molar-refractivity contribution in [2.45, 2.75) is 51.9 Å². The Morgan fingerprint density at radius 2 is 1.75 bits per heavy atom. The fourth-order valence-corrected chi connectivity index (χ4v) is 4.72. The summed E-state index contributed by atoms with van der Waals surface area (Å²) in [6, 6.07) is 7.41. The molecule has 0 saturated heterocycles. The van der Waals surface area contributed by atoms with Gasteiger partial charge in [0.15, 0.2) is 0 Å². The highest BCUT2D eigenvalue weighted by Gasteiger charge is 2.30. The van der Waals surface area contributed by atoms with E-state index in [4.69, 9.17) is 4.42 Å². The predicted molar refractivity (Wildman–Crippen MR) is 109 cm³/mol. The van der Waals surface area contributed by atoms with E-state index in [1.54, 1.807) is 19.1 Å². The van der Waals surface area contributed by atoms with Gasteiger partial charge in [0.2, 0.25) is 5.89 Å². The molecule has 2 heterocycles. The molecule has 1 N–H and O–H groups in total. The third-order valence-corrected chi connectivity index (χ3v) is 6.55. The summed E-state index contributed by atoms with van der Waals surface area (Å²) in [6.45, 7) is 9.70. The van der Waals surface area contributed by atoms with Crippen LogP contribution in [0.1, 0.15) is 49.5 Å². The number of nitrogens with one attached hydrogen (secondary N) is 1. The highest BCUT2D eigenvalue weighted by atomic mass is 32.2. The van der Waals surface area contributed by atoms with Gasteiger partial charge in [-0.1, -0.05) is 32.9 Å². The highest BCUT2D eigenvalue weighted by Crippen LogP contribution is 2.35. The Hall–Kier alpha value is -2.61. The lowest BCUT2D eigenvalue weighted by Crippen LogP contribution is -2.15. The van der Waals surface area contributed by atoms with Crippen molar-refractivity contribution in [3.05, 3.63) is 47.1 Å². The van der Waals surface area contributed by atoms with Crippen molar-refractivity contribution in [3.63, 3.8) is 0 Å². The molecule has 0 aliphatic carbocycles. The number of benzene rings is 1. The van der Waals surface area contributed by atoms with E-state index < -0.39 is 10.0 Å². The normalized spacial score (nSPS) is 12.0. The van der Waals surface area contributed by atoms with E-state index in [-0.39, 0.29) is 10.8 Å².